The summed E-state index contributed by atoms with van der Waals surface area (Å²) in [4.78, 5) is 12.5. The first kappa shape index (κ1) is 22.5. The normalized spacial score (nSPS) is 46.6. The van der Waals surface area contributed by atoms with Crippen LogP contribution >= 0.6 is 0 Å². The highest BCUT2D eigenvalue weighted by Gasteiger charge is 2.59. The molecule has 4 aliphatic rings. The third kappa shape index (κ3) is 3.62. The van der Waals surface area contributed by atoms with E-state index in [9.17, 15) is 15.0 Å². The Labute approximate surface area is 183 Å². The first-order valence-electron chi connectivity index (χ1n) is 12.6. The van der Waals surface area contributed by atoms with Gasteiger partial charge in [0.25, 0.3) is 0 Å². The Bertz CT molecular complexity index is 696. The summed E-state index contributed by atoms with van der Waals surface area (Å²) >= 11 is 0. The van der Waals surface area contributed by atoms with Gasteiger partial charge in [0.2, 0.25) is 0 Å². The van der Waals surface area contributed by atoms with Gasteiger partial charge in [-0.25, -0.2) is 0 Å². The van der Waals surface area contributed by atoms with E-state index in [0.717, 1.165) is 38.5 Å². The van der Waals surface area contributed by atoms with Crippen molar-refractivity contribution in [1.82, 2.24) is 0 Å². The molecule has 4 aliphatic carbocycles. The Morgan fingerprint density at radius 2 is 1.80 bits per heavy atom. The van der Waals surface area contributed by atoms with Gasteiger partial charge in [-0.05, 0) is 91.3 Å². The van der Waals surface area contributed by atoms with E-state index in [1.165, 1.54) is 12.8 Å². The molecule has 3 saturated carbocycles. The zero-order chi connectivity index (χ0) is 21.8. The summed E-state index contributed by atoms with van der Waals surface area (Å²) in [5.41, 5.74) is 1.92. The number of carbonyl (C=O) groups is 1. The van der Waals surface area contributed by atoms with Crippen molar-refractivity contribution in [1.29, 1.82) is 0 Å². The second-order valence-electron chi connectivity index (χ2n) is 12.3. The minimum absolute atomic E-state index is 0.0554. The van der Waals surface area contributed by atoms with Gasteiger partial charge in [0.15, 0.2) is 0 Å². The molecular formula is C27H44O3. The maximum atomic E-state index is 12.5. The van der Waals surface area contributed by atoms with E-state index in [2.05, 4.69) is 40.7 Å². The molecule has 0 spiro atoms. The Kier molecular flexibility index (Phi) is 6.03. The van der Waals surface area contributed by atoms with Crippen molar-refractivity contribution in [2.75, 3.05) is 0 Å². The number of allylic oxidation sites excluding steroid dienone is 2. The van der Waals surface area contributed by atoms with E-state index in [1.54, 1.807) is 5.57 Å². The average Bonchev–Trinajstić information content (AvgIpc) is 3.00. The fourth-order valence-electron chi connectivity index (χ4n) is 8.57. The quantitative estimate of drug-likeness (QED) is 0.579. The molecule has 3 heteroatoms. The van der Waals surface area contributed by atoms with Crippen LogP contribution in [0.4, 0.5) is 0 Å². The van der Waals surface area contributed by atoms with E-state index in [-0.39, 0.29) is 29.0 Å². The van der Waals surface area contributed by atoms with Crippen molar-refractivity contribution in [3.63, 3.8) is 0 Å². The van der Waals surface area contributed by atoms with E-state index in [1.807, 2.05) is 0 Å². The van der Waals surface area contributed by atoms with Gasteiger partial charge in [0.05, 0.1) is 12.2 Å². The third-order valence-corrected chi connectivity index (χ3v) is 9.96. The fraction of sp³-hybridized carbons (Fsp3) is 0.889. The molecule has 0 saturated heterocycles. The first-order valence-corrected chi connectivity index (χ1v) is 12.6. The van der Waals surface area contributed by atoms with Gasteiger partial charge in [-0.2, -0.15) is 0 Å². The minimum Gasteiger partial charge on any atom is -0.393 e. The lowest BCUT2D eigenvalue weighted by molar-refractivity contribution is -0.121. The van der Waals surface area contributed by atoms with Crippen LogP contribution < -0.4 is 0 Å². The van der Waals surface area contributed by atoms with Crippen molar-refractivity contribution >= 4 is 5.78 Å². The van der Waals surface area contributed by atoms with E-state index >= 15 is 0 Å². The van der Waals surface area contributed by atoms with Crippen LogP contribution in [-0.2, 0) is 4.79 Å². The SMILES string of the molecule is CC(C)CC(=O)CC(C)C1CCC2C3C[C@H](O)[C@H]4C[C@@H](O)CCC4(C)C3=CCC12C. The molecule has 170 valence electrons. The molecule has 3 fully saturated rings. The maximum absolute atomic E-state index is 12.5. The van der Waals surface area contributed by atoms with Crippen LogP contribution in [-0.4, -0.2) is 28.2 Å². The largest absolute Gasteiger partial charge is 0.393 e. The van der Waals surface area contributed by atoms with Crippen molar-refractivity contribution in [3.05, 3.63) is 11.6 Å². The number of rotatable bonds is 5. The molecule has 0 aliphatic heterocycles. The molecule has 0 amide bonds. The van der Waals surface area contributed by atoms with Crippen molar-refractivity contribution in [2.24, 2.45) is 46.3 Å². The van der Waals surface area contributed by atoms with Crippen molar-refractivity contribution in [3.8, 4) is 0 Å². The molecule has 0 aromatic rings. The minimum atomic E-state index is -0.293. The van der Waals surface area contributed by atoms with Gasteiger partial charge < -0.3 is 10.2 Å². The van der Waals surface area contributed by atoms with Gasteiger partial charge in [-0.3, -0.25) is 4.79 Å². The van der Waals surface area contributed by atoms with E-state index < -0.39 is 0 Å². The molecule has 6 unspecified atom stereocenters. The number of Topliss-reactive ketones (excluding diaryl/α,β-unsaturated/α-hetero) is 1. The summed E-state index contributed by atoms with van der Waals surface area (Å²) in [5, 5.41) is 21.4. The van der Waals surface area contributed by atoms with Crippen LogP contribution in [0.1, 0.15) is 92.4 Å². The molecule has 0 radical (unpaired) electrons. The second-order valence-corrected chi connectivity index (χ2v) is 12.3. The van der Waals surface area contributed by atoms with Crippen LogP contribution in [0.25, 0.3) is 0 Å². The lowest BCUT2D eigenvalue weighted by Gasteiger charge is -2.58. The van der Waals surface area contributed by atoms with E-state index in [0.29, 0.717) is 41.8 Å². The standard InChI is InChI=1S/C27H44O3/c1-16(2)12-19(29)13-17(3)21-6-7-22-20-15-25(30)24-14-18(28)8-10-27(24,5)23(20)9-11-26(21,22)4/h9,16-18,20-22,24-25,28,30H,6-8,10-15H2,1-5H3/t17?,18-,20?,21?,22?,24+,25-,26?,27?/m0/s1. The van der Waals surface area contributed by atoms with Crippen LogP contribution in [0.3, 0.4) is 0 Å². The van der Waals surface area contributed by atoms with Crippen LogP contribution in [0.15, 0.2) is 11.6 Å². The first-order chi connectivity index (χ1) is 14.1. The molecule has 0 bridgehead atoms. The topological polar surface area (TPSA) is 57.5 Å². The van der Waals surface area contributed by atoms with Crippen LogP contribution in [0, 0.1) is 46.3 Å². The molecule has 0 heterocycles. The maximum Gasteiger partial charge on any atom is 0.133 e. The summed E-state index contributed by atoms with van der Waals surface area (Å²) in [7, 11) is 0. The zero-order valence-electron chi connectivity index (χ0n) is 19.9. The summed E-state index contributed by atoms with van der Waals surface area (Å²) in [5.74, 6) is 3.25. The molecule has 4 rings (SSSR count). The van der Waals surface area contributed by atoms with Crippen LogP contribution in [0.2, 0.25) is 0 Å². The van der Waals surface area contributed by atoms with Crippen molar-refractivity contribution < 1.29 is 15.0 Å². The number of aliphatic hydroxyl groups is 2. The highest BCUT2D eigenvalue weighted by Crippen LogP contribution is 2.66. The average molecular weight is 417 g/mol. The second kappa shape index (κ2) is 8.03. The highest BCUT2D eigenvalue weighted by molar-refractivity contribution is 5.78. The Morgan fingerprint density at radius 1 is 1.07 bits per heavy atom. The molecule has 2 N–H and O–H groups in total. The number of carbonyl (C=O) groups excluding carboxylic acids is 1. The van der Waals surface area contributed by atoms with Gasteiger partial charge in [0, 0.05) is 12.8 Å². The lowest BCUT2D eigenvalue weighted by Crippen LogP contribution is -2.53. The molecule has 30 heavy (non-hydrogen) atoms. The molecular weight excluding hydrogens is 372 g/mol. The predicted molar refractivity (Wildman–Crippen MR) is 121 cm³/mol. The summed E-state index contributed by atoms with van der Waals surface area (Å²) in [6.07, 6.45) is 10.5. The molecule has 0 aromatic carbocycles. The van der Waals surface area contributed by atoms with Gasteiger partial charge >= 0.3 is 0 Å². The third-order valence-electron chi connectivity index (χ3n) is 9.96. The van der Waals surface area contributed by atoms with Crippen molar-refractivity contribution in [2.45, 2.75) is 105 Å². The summed E-state index contributed by atoms with van der Waals surface area (Å²) < 4.78 is 0. The van der Waals surface area contributed by atoms with Crippen LogP contribution in [0.5, 0.6) is 0 Å². The molecule has 9 atom stereocenters. The summed E-state index contributed by atoms with van der Waals surface area (Å²) in [6, 6.07) is 0. The summed E-state index contributed by atoms with van der Waals surface area (Å²) in [6.45, 7) is 11.4. The number of hydrogen-bond donors (Lipinski definition) is 2. The molecule has 3 nitrogen and oxygen atoms in total. The number of hydrogen-bond acceptors (Lipinski definition) is 3. The lowest BCUT2D eigenvalue weighted by atomic mass is 9.47. The zero-order valence-corrected chi connectivity index (χ0v) is 19.9. The number of ketones is 1. The predicted octanol–water partition coefficient (Wildman–Crippen LogP) is 5.54. The van der Waals surface area contributed by atoms with E-state index in [4.69, 9.17) is 0 Å². The number of fused-ring (bicyclic) bond motifs is 5. The van der Waals surface area contributed by atoms with Gasteiger partial charge in [-0.1, -0.05) is 46.3 Å². The number of aliphatic hydroxyl groups excluding tert-OH is 2. The Balaban J connectivity index is 1.56. The smallest absolute Gasteiger partial charge is 0.133 e. The van der Waals surface area contributed by atoms with Gasteiger partial charge in [-0.15, -0.1) is 0 Å². The monoisotopic (exact) mass is 416 g/mol. The highest BCUT2D eigenvalue weighted by atomic mass is 16.3. The Hall–Kier alpha value is -0.670. The van der Waals surface area contributed by atoms with Gasteiger partial charge in [0.1, 0.15) is 5.78 Å². The Morgan fingerprint density at radius 3 is 2.50 bits per heavy atom. The molecule has 0 aromatic heterocycles. The fourth-order valence-corrected chi connectivity index (χ4v) is 8.57.